The highest BCUT2D eigenvalue weighted by atomic mass is 19.1. The fourth-order valence-electron chi connectivity index (χ4n) is 3.55. The van der Waals surface area contributed by atoms with E-state index < -0.39 is 5.82 Å². The van der Waals surface area contributed by atoms with Gasteiger partial charge < -0.3 is 10.2 Å². The fraction of sp³-hybridized carbons (Fsp3) is 0.333. The minimum Gasteiger partial charge on any atom is -0.339 e. The Labute approximate surface area is 153 Å². The van der Waals surface area contributed by atoms with Gasteiger partial charge in [0.25, 0.3) is 5.91 Å². The number of benzene rings is 2. The lowest BCUT2D eigenvalue weighted by atomic mass is 10.0. The van der Waals surface area contributed by atoms with Crippen molar-refractivity contribution in [3.05, 3.63) is 59.4 Å². The average Bonchev–Trinajstić information content (AvgIpc) is 3.16. The number of nitrogens with zero attached hydrogens (tertiary/aromatic N) is 2. The lowest BCUT2D eigenvalue weighted by Crippen LogP contribution is -2.36. The Morgan fingerprint density at radius 1 is 1.23 bits per heavy atom. The highest BCUT2D eigenvalue weighted by Gasteiger charge is 2.29. The third-order valence-corrected chi connectivity index (χ3v) is 5.22. The molecule has 4 nitrogen and oxygen atoms in total. The average molecular weight is 351 g/mol. The van der Waals surface area contributed by atoms with Crippen LogP contribution in [-0.4, -0.2) is 37.0 Å². The topological polar surface area (TPSA) is 56.1 Å². The van der Waals surface area contributed by atoms with Gasteiger partial charge in [-0.15, -0.1) is 0 Å². The Balaban J connectivity index is 1.75. The summed E-state index contributed by atoms with van der Waals surface area (Å²) in [6.07, 6.45) is 3.05. The molecule has 1 amide bonds. The second kappa shape index (κ2) is 7.67. The molecule has 1 aliphatic rings. The first-order chi connectivity index (χ1) is 12.5. The Morgan fingerprint density at radius 3 is 2.54 bits per heavy atom. The molecule has 2 aromatic carbocycles. The van der Waals surface area contributed by atoms with Gasteiger partial charge in [0.2, 0.25) is 0 Å². The van der Waals surface area contributed by atoms with Crippen molar-refractivity contribution in [3.8, 4) is 17.2 Å². The predicted molar refractivity (Wildman–Crippen MR) is 99.1 cm³/mol. The van der Waals surface area contributed by atoms with Crippen LogP contribution < -0.4 is 5.32 Å². The molecule has 0 radical (unpaired) electrons. The van der Waals surface area contributed by atoms with Crippen molar-refractivity contribution in [3.63, 3.8) is 0 Å². The molecular formula is C21H22FN3O. The number of hydrogen-bond acceptors (Lipinski definition) is 3. The SMILES string of the molecule is CNC1CCC(N(C)C(=O)c2ccc(-c3ccc(C#N)cc3F)cc2)C1. The second-order valence-electron chi connectivity index (χ2n) is 6.75. The van der Waals surface area contributed by atoms with E-state index in [9.17, 15) is 9.18 Å². The summed E-state index contributed by atoms with van der Waals surface area (Å²) in [6, 6.07) is 14.0. The Kier molecular flexibility index (Phi) is 5.34. The minimum absolute atomic E-state index is 0.0152. The zero-order valence-electron chi connectivity index (χ0n) is 15.0. The van der Waals surface area contributed by atoms with Crippen molar-refractivity contribution in [2.45, 2.75) is 31.3 Å². The summed E-state index contributed by atoms with van der Waals surface area (Å²) < 4.78 is 14.2. The van der Waals surface area contributed by atoms with Gasteiger partial charge in [0, 0.05) is 30.3 Å². The molecule has 0 aromatic heterocycles. The molecule has 1 saturated carbocycles. The molecule has 0 bridgehead atoms. The number of rotatable bonds is 4. The summed E-state index contributed by atoms with van der Waals surface area (Å²) in [7, 11) is 3.80. The van der Waals surface area contributed by atoms with Gasteiger partial charge >= 0.3 is 0 Å². The molecule has 1 N–H and O–H groups in total. The summed E-state index contributed by atoms with van der Waals surface area (Å²) in [5.41, 5.74) is 1.99. The summed E-state index contributed by atoms with van der Waals surface area (Å²) in [4.78, 5) is 14.5. The largest absolute Gasteiger partial charge is 0.339 e. The zero-order valence-corrected chi connectivity index (χ0v) is 15.0. The van der Waals surface area contributed by atoms with Crippen LogP contribution in [0.3, 0.4) is 0 Å². The summed E-state index contributed by atoms with van der Waals surface area (Å²) in [5, 5.41) is 12.1. The number of hydrogen-bond donors (Lipinski definition) is 1. The van der Waals surface area contributed by atoms with Gasteiger partial charge in [-0.25, -0.2) is 4.39 Å². The van der Waals surface area contributed by atoms with Crippen LogP contribution in [-0.2, 0) is 0 Å². The van der Waals surface area contributed by atoms with E-state index in [0.29, 0.717) is 22.7 Å². The molecule has 2 unspecified atom stereocenters. The first-order valence-electron chi connectivity index (χ1n) is 8.78. The first-order valence-corrected chi connectivity index (χ1v) is 8.78. The third kappa shape index (κ3) is 3.61. The third-order valence-electron chi connectivity index (χ3n) is 5.22. The van der Waals surface area contributed by atoms with Crippen molar-refractivity contribution in [2.75, 3.05) is 14.1 Å². The van der Waals surface area contributed by atoms with Crippen molar-refractivity contribution in [1.82, 2.24) is 10.2 Å². The van der Waals surface area contributed by atoms with Crippen LogP contribution in [0.2, 0.25) is 0 Å². The summed E-state index contributed by atoms with van der Waals surface area (Å²) >= 11 is 0. The molecule has 2 aromatic rings. The fourth-order valence-corrected chi connectivity index (χ4v) is 3.55. The van der Waals surface area contributed by atoms with Gasteiger partial charge in [0.15, 0.2) is 0 Å². The first kappa shape index (κ1) is 18.1. The maximum atomic E-state index is 14.2. The van der Waals surface area contributed by atoms with E-state index in [-0.39, 0.29) is 17.5 Å². The quantitative estimate of drug-likeness (QED) is 0.916. The van der Waals surface area contributed by atoms with E-state index in [0.717, 1.165) is 19.3 Å². The molecule has 26 heavy (non-hydrogen) atoms. The Hall–Kier alpha value is -2.71. The zero-order chi connectivity index (χ0) is 18.7. The molecule has 0 aliphatic heterocycles. The van der Waals surface area contributed by atoms with Gasteiger partial charge in [-0.3, -0.25) is 4.79 Å². The number of carbonyl (C=O) groups is 1. The minimum atomic E-state index is -0.440. The standard InChI is InChI=1S/C21H22FN3O/c1-24-17-8-9-18(12-17)25(2)21(26)16-6-4-15(5-7-16)19-10-3-14(13-23)11-20(19)22/h3-7,10-11,17-18,24H,8-9,12H2,1-2H3. The Morgan fingerprint density at radius 2 is 1.96 bits per heavy atom. The molecule has 1 fully saturated rings. The van der Waals surface area contributed by atoms with E-state index in [1.54, 1.807) is 36.4 Å². The van der Waals surface area contributed by atoms with Crippen LogP contribution in [0.1, 0.15) is 35.2 Å². The molecule has 3 rings (SSSR count). The second-order valence-corrected chi connectivity index (χ2v) is 6.75. The Bertz CT molecular complexity index is 841. The van der Waals surface area contributed by atoms with Gasteiger partial charge in [0.1, 0.15) is 5.82 Å². The van der Waals surface area contributed by atoms with E-state index in [1.807, 2.05) is 25.1 Å². The lowest BCUT2D eigenvalue weighted by Gasteiger charge is -2.25. The highest BCUT2D eigenvalue weighted by Crippen LogP contribution is 2.26. The van der Waals surface area contributed by atoms with Crippen molar-refractivity contribution in [1.29, 1.82) is 5.26 Å². The van der Waals surface area contributed by atoms with Crippen LogP contribution in [0.5, 0.6) is 0 Å². The normalized spacial score (nSPS) is 19.2. The van der Waals surface area contributed by atoms with E-state index in [2.05, 4.69) is 5.32 Å². The van der Waals surface area contributed by atoms with Crippen LogP contribution in [0.4, 0.5) is 4.39 Å². The van der Waals surface area contributed by atoms with E-state index >= 15 is 0 Å². The van der Waals surface area contributed by atoms with Gasteiger partial charge in [-0.2, -0.15) is 5.26 Å². The van der Waals surface area contributed by atoms with Gasteiger partial charge in [0.05, 0.1) is 11.6 Å². The van der Waals surface area contributed by atoms with Gasteiger partial charge in [-0.05, 0) is 56.1 Å². The monoisotopic (exact) mass is 351 g/mol. The van der Waals surface area contributed by atoms with Crippen molar-refractivity contribution >= 4 is 5.91 Å². The summed E-state index contributed by atoms with van der Waals surface area (Å²) in [6.45, 7) is 0. The molecule has 2 atom stereocenters. The van der Waals surface area contributed by atoms with E-state index in [1.165, 1.54) is 6.07 Å². The summed E-state index contributed by atoms with van der Waals surface area (Å²) in [5.74, 6) is -0.456. The maximum Gasteiger partial charge on any atom is 0.253 e. The number of nitriles is 1. The maximum absolute atomic E-state index is 14.2. The molecular weight excluding hydrogens is 329 g/mol. The lowest BCUT2D eigenvalue weighted by molar-refractivity contribution is 0.0733. The molecule has 1 aliphatic carbocycles. The smallest absolute Gasteiger partial charge is 0.253 e. The number of nitrogens with one attached hydrogen (secondary N) is 1. The van der Waals surface area contributed by atoms with Crippen LogP contribution in [0.15, 0.2) is 42.5 Å². The van der Waals surface area contributed by atoms with Crippen molar-refractivity contribution < 1.29 is 9.18 Å². The van der Waals surface area contributed by atoms with Crippen LogP contribution >= 0.6 is 0 Å². The molecule has 5 heteroatoms. The molecule has 134 valence electrons. The number of carbonyl (C=O) groups excluding carboxylic acids is 1. The van der Waals surface area contributed by atoms with Crippen LogP contribution in [0.25, 0.3) is 11.1 Å². The van der Waals surface area contributed by atoms with Crippen molar-refractivity contribution in [2.24, 2.45) is 0 Å². The number of halogens is 1. The van der Waals surface area contributed by atoms with Gasteiger partial charge in [-0.1, -0.05) is 18.2 Å². The van der Waals surface area contributed by atoms with E-state index in [4.69, 9.17) is 5.26 Å². The number of amides is 1. The van der Waals surface area contributed by atoms with Crippen LogP contribution in [0, 0.1) is 17.1 Å². The predicted octanol–water partition coefficient (Wildman–Crippen LogP) is 3.58. The molecule has 0 saturated heterocycles. The highest BCUT2D eigenvalue weighted by molar-refractivity contribution is 5.94. The molecule has 0 spiro atoms. The molecule has 0 heterocycles.